The SMILES string of the molecule is COc1nn(CCC(=O)NC2CC3CCC(C2)N3C)cc1[N+](=O)[O-]. The van der Waals surface area contributed by atoms with Crippen molar-refractivity contribution in [2.45, 2.75) is 56.8 Å². The summed E-state index contributed by atoms with van der Waals surface area (Å²) in [5, 5.41) is 18.0. The van der Waals surface area contributed by atoms with Crippen LogP contribution in [0.3, 0.4) is 0 Å². The van der Waals surface area contributed by atoms with Crippen LogP contribution in [-0.4, -0.2) is 57.8 Å². The summed E-state index contributed by atoms with van der Waals surface area (Å²) >= 11 is 0. The molecule has 0 aromatic carbocycles. The van der Waals surface area contributed by atoms with Crippen molar-refractivity contribution in [3.8, 4) is 5.88 Å². The van der Waals surface area contributed by atoms with E-state index in [2.05, 4.69) is 22.4 Å². The molecule has 24 heavy (non-hydrogen) atoms. The van der Waals surface area contributed by atoms with Crippen molar-refractivity contribution in [2.75, 3.05) is 14.2 Å². The normalized spacial score (nSPS) is 26.3. The highest BCUT2D eigenvalue weighted by atomic mass is 16.6. The fourth-order valence-corrected chi connectivity index (χ4v) is 3.82. The average molecular weight is 337 g/mol. The highest BCUT2D eigenvalue weighted by molar-refractivity contribution is 5.76. The van der Waals surface area contributed by atoms with Crippen LogP contribution in [0, 0.1) is 10.1 Å². The minimum absolute atomic E-state index is 0.0349. The van der Waals surface area contributed by atoms with Gasteiger partial charge in [0.1, 0.15) is 6.20 Å². The second kappa shape index (κ2) is 6.76. The number of carbonyl (C=O) groups excluding carboxylic acids is 1. The molecule has 0 radical (unpaired) electrons. The summed E-state index contributed by atoms with van der Waals surface area (Å²) in [6, 6.07) is 1.38. The van der Waals surface area contributed by atoms with Gasteiger partial charge in [0.2, 0.25) is 5.91 Å². The van der Waals surface area contributed by atoms with Crippen LogP contribution < -0.4 is 10.1 Å². The molecule has 1 N–H and O–H groups in total. The minimum Gasteiger partial charge on any atom is -0.475 e. The Hall–Kier alpha value is -2.16. The van der Waals surface area contributed by atoms with Gasteiger partial charge in [-0.05, 0) is 32.7 Å². The molecule has 2 bridgehead atoms. The van der Waals surface area contributed by atoms with E-state index in [1.54, 1.807) is 0 Å². The first-order valence-corrected chi connectivity index (χ1v) is 8.25. The fourth-order valence-electron chi connectivity index (χ4n) is 3.82. The monoisotopic (exact) mass is 337 g/mol. The van der Waals surface area contributed by atoms with Gasteiger partial charge in [-0.25, -0.2) is 0 Å². The summed E-state index contributed by atoms with van der Waals surface area (Å²) < 4.78 is 6.26. The Kier molecular flexibility index (Phi) is 4.70. The molecule has 2 unspecified atom stereocenters. The minimum atomic E-state index is -0.545. The molecule has 2 fully saturated rings. The molecule has 132 valence electrons. The summed E-state index contributed by atoms with van der Waals surface area (Å²) in [5.74, 6) is -0.0756. The molecule has 2 saturated heterocycles. The van der Waals surface area contributed by atoms with Gasteiger partial charge in [0.25, 0.3) is 0 Å². The highest BCUT2D eigenvalue weighted by Gasteiger charge is 2.38. The molecular formula is C15H23N5O4. The molecular weight excluding hydrogens is 314 g/mol. The van der Waals surface area contributed by atoms with Gasteiger partial charge in [-0.15, -0.1) is 5.10 Å². The summed E-state index contributed by atoms with van der Waals surface area (Å²) in [6.07, 6.45) is 5.96. The maximum atomic E-state index is 12.2. The van der Waals surface area contributed by atoms with Gasteiger partial charge in [0.05, 0.1) is 18.6 Å². The fraction of sp³-hybridized carbons (Fsp3) is 0.733. The maximum Gasteiger partial charge on any atom is 0.350 e. The summed E-state index contributed by atoms with van der Waals surface area (Å²) in [6.45, 7) is 0.287. The average Bonchev–Trinajstić information content (AvgIpc) is 3.03. The predicted molar refractivity (Wildman–Crippen MR) is 85.8 cm³/mol. The topological polar surface area (TPSA) is 103 Å². The molecule has 2 aliphatic rings. The summed E-state index contributed by atoms with van der Waals surface area (Å²) in [7, 11) is 3.50. The van der Waals surface area contributed by atoms with E-state index in [1.165, 1.54) is 30.8 Å². The molecule has 1 aromatic heterocycles. The quantitative estimate of drug-likeness (QED) is 0.612. The number of aromatic nitrogens is 2. The van der Waals surface area contributed by atoms with E-state index in [0.717, 1.165) is 12.8 Å². The van der Waals surface area contributed by atoms with E-state index in [-0.39, 0.29) is 36.5 Å². The standard InChI is InChI=1S/C15H23N5O4/c1-18-11-3-4-12(18)8-10(7-11)16-14(21)5-6-19-9-13(20(22)23)15(17-19)24-2/h9-12H,3-8H2,1-2H3,(H,16,21). The summed E-state index contributed by atoms with van der Waals surface area (Å²) in [4.78, 5) is 24.9. The zero-order chi connectivity index (χ0) is 17.3. The van der Waals surface area contributed by atoms with Crippen molar-refractivity contribution in [2.24, 2.45) is 0 Å². The number of nitrogens with zero attached hydrogens (tertiary/aromatic N) is 4. The molecule has 3 heterocycles. The van der Waals surface area contributed by atoms with Crippen molar-refractivity contribution in [1.82, 2.24) is 20.0 Å². The Morgan fingerprint density at radius 3 is 2.67 bits per heavy atom. The van der Waals surface area contributed by atoms with E-state index in [9.17, 15) is 14.9 Å². The Balaban J connectivity index is 1.50. The van der Waals surface area contributed by atoms with Crippen LogP contribution in [0.5, 0.6) is 5.88 Å². The Bertz CT molecular complexity index is 617. The number of hydrogen-bond donors (Lipinski definition) is 1. The van der Waals surface area contributed by atoms with Crippen LogP contribution in [0.2, 0.25) is 0 Å². The van der Waals surface area contributed by atoms with Crippen molar-refractivity contribution >= 4 is 11.6 Å². The molecule has 9 heteroatoms. The molecule has 2 aliphatic heterocycles. The number of fused-ring (bicyclic) bond motifs is 2. The van der Waals surface area contributed by atoms with Gasteiger partial charge >= 0.3 is 11.6 Å². The molecule has 1 amide bonds. The number of nitro groups is 1. The number of nitrogens with one attached hydrogen (secondary N) is 1. The number of rotatable bonds is 6. The number of methoxy groups -OCH3 is 1. The number of aryl methyl sites for hydroxylation is 1. The van der Waals surface area contributed by atoms with E-state index in [0.29, 0.717) is 12.1 Å². The second-order valence-electron chi connectivity index (χ2n) is 6.58. The van der Waals surface area contributed by atoms with Crippen LogP contribution >= 0.6 is 0 Å². The third kappa shape index (κ3) is 3.35. The molecule has 0 saturated carbocycles. The number of amides is 1. The van der Waals surface area contributed by atoms with Crippen LogP contribution in [0.25, 0.3) is 0 Å². The van der Waals surface area contributed by atoms with Crippen molar-refractivity contribution in [1.29, 1.82) is 0 Å². The van der Waals surface area contributed by atoms with Gasteiger partial charge in [-0.1, -0.05) is 0 Å². The first-order valence-electron chi connectivity index (χ1n) is 8.25. The smallest absolute Gasteiger partial charge is 0.350 e. The second-order valence-corrected chi connectivity index (χ2v) is 6.58. The van der Waals surface area contributed by atoms with Gasteiger partial charge in [0.15, 0.2) is 0 Å². The Labute approximate surface area is 140 Å². The van der Waals surface area contributed by atoms with Crippen LogP contribution in [0.1, 0.15) is 32.1 Å². The van der Waals surface area contributed by atoms with Gasteiger partial charge in [-0.2, -0.15) is 0 Å². The van der Waals surface area contributed by atoms with Gasteiger partial charge in [0, 0.05) is 24.5 Å². The van der Waals surface area contributed by atoms with E-state index < -0.39 is 4.92 Å². The predicted octanol–water partition coefficient (Wildman–Crippen LogP) is 0.931. The Morgan fingerprint density at radius 2 is 2.12 bits per heavy atom. The van der Waals surface area contributed by atoms with Gasteiger partial charge in [-0.3, -0.25) is 19.6 Å². The van der Waals surface area contributed by atoms with Crippen LogP contribution in [-0.2, 0) is 11.3 Å². The molecule has 0 aliphatic carbocycles. The largest absolute Gasteiger partial charge is 0.475 e. The van der Waals surface area contributed by atoms with E-state index >= 15 is 0 Å². The molecule has 0 spiro atoms. The molecule has 9 nitrogen and oxygen atoms in total. The molecule has 1 aromatic rings. The first kappa shape index (κ1) is 16.7. The van der Waals surface area contributed by atoms with Crippen molar-refractivity contribution in [3.63, 3.8) is 0 Å². The third-order valence-corrected chi connectivity index (χ3v) is 5.13. The number of piperidine rings is 1. The molecule has 2 atom stereocenters. The lowest BCUT2D eigenvalue weighted by Gasteiger charge is -2.36. The lowest BCUT2D eigenvalue weighted by atomic mass is 9.98. The zero-order valence-corrected chi connectivity index (χ0v) is 14.0. The molecule has 3 rings (SSSR count). The maximum absolute atomic E-state index is 12.2. The lowest BCUT2D eigenvalue weighted by molar-refractivity contribution is -0.385. The number of carbonyl (C=O) groups is 1. The number of hydrogen-bond acceptors (Lipinski definition) is 6. The zero-order valence-electron chi connectivity index (χ0n) is 14.0. The van der Waals surface area contributed by atoms with E-state index in [1.807, 2.05) is 0 Å². The van der Waals surface area contributed by atoms with Crippen molar-refractivity contribution < 1.29 is 14.5 Å². The first-order chi connectivity index (χ1) is 11.5. The third-order valence-electron chi connectivity index (χ3n) is 5.13. The lowest BCUT2D eigenvalue weighted by Crippen LogP contribution is -2.48. The van der Waals surface area contributed by atoms with Crippen LogP contribution in [0.4, 0.5) is 5.69 Å². The van der Waals surface area contributed by atoms with Crippen LogP contribution in [0.15, 0.2) is 6.20 Å². The van der Waals surface area contributed by atoms with E-state index in [4.69, 9.17) is 4.74 Å². The summed E-state index contributed by atoms with van der Waals surface area (Å²) in [5.41, 5.74) is -0.190. The van der Waals surface area contributed by atoms with Crippen molar-refractivity contribution in [3.05, 3.63) is 16.3 Å². The Morgan fingerprint density at radius 1 is 1.46 bits per heavy atom. The number of ether oxygens (including phenoxy) is 1. The highest BCUT2D eigenvalue weighted by Crippen LogP contribution is 2.34. The van der Waals surface area contributed by atoms with Gasteiger partial charge < -0.3 is 15.0 Å².